The van der Waals surface area contributed by atoms with E-state index < -0.39 is 12.2 Å². The maximum Gasteiger partial charge on any atom is 0.0647 e. The summed E-state index contributed by atoms with van der Waals surface area (Å²) >= 11 is 0. The Morgan fingerprint density at radius 3 is 1.80 bits per heavy atom. The molecule has 0 aliphatic carbocycles. The Morgan fingerprint density at radius 2 is 1.36 bits per heavy atom. The first-order chi connectivity index (χ1) is 11.7. The predicted octanol–water partition coefficient (Wildman–Crippen LogP) is 1.44. The highest BCUT2D eigenvalue weighted by atomic mass is 16.5. The highest BCUT2D eigenvalue weighted by molar-refractivity contribution is 4.82. The van der Waals surface area contributed by atoms with Gasteiger partial charge in [-0.25, -0.2) is 0 Å². The van der Waals surface area contributed by atoms with E-state index in [1.165, 1.54) is 0 Å². The number of hydrogen-bond acceptors (Lipinski definition) is 6. The lowest BCUT2D eigenvalue weighted by molar-refractivity contribution is -0.0634. The largest absolute Gasteiger partial charge is 0.396 e. The van der Waals surface area contributed by atoms with Gasteiger partial charge in [-0.1, -0.05) is 27.7 Å². The Balaban J connectivity index is 4.65. The van der Waals surface area contributed by atoms with Gasteiger partial charge in [0.2, 0.25) is 0 Å². The number of hydrogen-bond donors (Lipinski definition) is 4. The minimum Gasteiger partial charge on any atom is -0.396 e. The Hall–Kier alpha value is -0.240. The fourth-order valence-corrected chi connectivity index (χ4v) is 3.62. The second-order valence-corrected chi connectivity index (χ2v) is 7.48. The van der Waals surface area contributed by atoms with Crippen LogP contribution in [-0.2, 0) is 9.47 Å². The van der Waals surface area contributed by atoms with Crippen molar-refractivity contribution < 1.29 is 29.9 Å². The van der Waals surface area contributed by atoms with Crippen LogP contribution >= 0.6 is 0 Å². The fraction of sp³-hybridized carbons (Fsp3) is 1.00. The van der Waals surface area contributed by atoms with Crippen molar-refractivity contribution in [2.24, 2.45) is 23.7 Å². The zero-order valence-corrected chi connectivity index (χ0v) is 16.8. The van der Waals surface area contributed by atoms with E-state index in [2.05, 4.69) is 6.92 Å². The van der Waals surface area contributed by atoms with Crippen LogP contribution in [0.1, 0.15) is 47.0 Å². The van der Waals surface area contributed by atoms with Gasteiger partial charge in [0.05, 0.1) is 24.4 Å². The van der Waals surface area contributed by atoms with Gasteiger partial charge in [0.15, 0.2) is 0 Å². The lowest BCUT2D eigenvalue weighted by Gasteiger charge is -2.34. The van der Waals surface area contributed by atoms with Gasteiger partial charge in [-0.3, -0.25) is 0 Å². The van der Waals surface area contributed by atoms with Gasteiger partial charge >= 0.3 is 0 Å². The van der Waals surface area contributed by atoms with Crippen LogP contribution in [0, 0.1) is 23.7 Å². The van der Waals surface area contributed by atoms with E-state index in [1.54, 1.807) is 14.2 Å². The first-order valence-electron chi connectivity index (χ1n) is 9.38. The summed E-state index contributed by atoms with van der Waals surface area (Å²) in [6.45, 7) is 7.72. The van der Waals surface area contributed by atoms with Gasteiger partial charge in [0.1, 0.15) is 0 Å². The van der Waals surface area contributed by atoms with Gasteiger partial charge in [-0.2, -0.15) is 0 Å². The molecule has 0 aliphatic heterocycles. The smallest absolute Gasteiger partial charge is 0.0647 e. The van der Waals surface area contributed by atoms with E-state index in [0.29, 0.717) is 12.8 Å². The van der Waals surface area contributed by atoms with E-state index in [1.807, 2.05) is 20.8 Å². The first kappa shape index (κ1) is 24.8. The Bertz CT molecular complexity index is 327. The molecule has 152 valence electrons. The van der Waals surface area contributed by atoms with E-state index in [4.69, 9.17) is 14.6 Å². The molecule has 4 N–H and O–H groups in total. The van der Waals surface area contributed by atoms with Crippen molar-refractivity contribution in [3.05, 3.63) is 0 Å². The molecule has 25 heavy (non-hydrogen) atoms. The molecule has 0 saturated heterocycles. The van der Waals surface area contributed by atoms with Crippen LogP contribution in [0.4, 0.5) is 0 Å². The predicted molar refractivity (Wildman–Crippen MR) is 98.3 cm³/mol. The second kappa shape index (κ2) is 13.0. The molecule has 1 unspecified atom stereocenters. The van der Waals surface area contributed by atoms with Crippen molar-refractivity contribution in [2.75, 3.05) is 27.4 Å². The minimum atomic E-state index is -0.635. The highest BCUT2D eigenvalue weighted by Crippen LogP contribution is 2.28. The van der Waals surface area contributed by atoms with Crippen molar-refractivity contribution in [1.29, 1.82) is 0 Å². The Labute approximate surface area is 153 Å². The summed E-state index contributed by atoms with van der Waals surface area (Å²) in [6, 6.07) is 0. The van der Waals surface area contributed by atoms with Crippen molar-refractivity contribution in [1.82, 2.24) is 0 Å². The van der Waals surface area contributed by atoms with E-state index in [-0.39, 0.29) is 49.1 Å². The van der Waals surface area contributed by atoms with Gasteiger partial charge in [0.25, 0.3) is 0 Å². The van der Waals surface area contributed by atoms with E-state index >= 15 is 0 Å². The molecule has 0 spiro atoms. The monoisotopic (exact) mass is 364 g/mol. The van der Waals surface area contributed by atoms with Gasteiger partial charge < -0.3 is 29.9 Å². The summed E-state index contributed by atoms with van der Waals surface area (Å²) < 4.78 is 11.0. The summed E-state index contributed by atoms with van der Waals surface area (Å²) in [4.78, 5) is 0. The lowest BCUT2D eigenvalue weighted by Crippen LogP contribution is -2.40. The molecule has 0 fully saturated rings. The van der Waals surface area contributed by atoms with Crippen LogP contribution in [0.2, 0.25) is 0 Å². The topological polar surface area (TPSA) is 99.4 Å². The molecular weight excluding hydrogens is 324 g/mol. The normalized spacial score (nSPS) is 21.8. The van der Waals surface area contributed by atoms with Crippen LogP contribution in [0.15, 0.2) is 0 Å². The zero-order chi connectivity index (χ0) is 19.6. The third-order valence-electron chi connectivity index (χ3n) is 5.59. The lowest BCUT2D eigenvalue weighted by atomic mass is 9.81. The highest BCUT2D eigenvalue weighted by Gasteiger charge is 2.32. The van der Waals surface area contributed by atoms with Crippen LogP contribution in [0.3, 0.4) is 0 Å². The van der Waals surface area contributed by atoms with Crippen LogP contribution in [-0.4, -0.2) is 72.3 Å². The third kappa shape index (κ3) is 7.89. The van der Waals surface area contributed by atoms with Gasteiger partial charge in [0, 0.05) is 45.2 Å². The molecule has 6 heteroatoms. The van der Waals surface area contributed by atoms with Crippen molar-refractivity contribution in [2.45, 2.75) is 71.4 Å². The summed E-state index contributed by atoms with van der Waals surface area (Å²) in [7, 11) is 3.23. The van der Waals surface area contributed by atoms with Crippen LogP contribution in [0.5, 0.6) is 0 Å². The molecule has 0 amide bonds. The van der Waals surface area contributed by atoms with Crippen LogP contribution < -0.4 is 0 Å². The average molecular weight is 365 g/mol. The maximum absolute atomic E-state index is 10.4. The molecule has 0 bridgehead atoms. The number of methoxy groups -OCH3 is 2. The summed E-state index contributed by atoms with van der Waals surface area (Å²) in [5.74, 6) is -0.228. The van der Waals surface area contributed by atoms with Crippen molar-refractivity contribution >= 4 is 0 Å². The quantitative estimate of drug-likeness (QED) is 0.372. The maximum atomic E-state index is 10.4. The molecule has 0 saturated carbocycles. The molecule has 0 aromatic heterocycles. The molecule has 0 radical (unpaired) electrons. The molecule has 0 heterocycles. The number of aliphatic hydroxyl groups is 4. The summed E-state index contributed by atoms with van der Waals surface area (Å²) in [6.07, 6.45) is 0.391. The van der Waals surface area contributed by atoms with E-state index in [0.717, 1.165) is 6.42 Å². The molecule has 6 nitrogen and oxygen atoms in total. The molecule has 0 rings (SSSR count). The summed E-state index contributed by atoms with van der Waals surface area (Å²) in [5.41, 5.74) is 0. The number of rotatable bonds is 14. The number of ether oxygens (including phenoxy) is 2. The molecule has 0 aromatic carbocycles. The Morgan fingerprint density at radius 1 is 0.760 bits per heavy atom. The van der Waals surface area contributed by atoms with Crippen molar-refractivity contribution in [3.63, 3.8) is 0 Å². The third-order valence-corrected chi connectivity index (χ3v) is 5.59. The average Bonchev–Trinajstić information content (AvgIpc) is 2.62. The second-order valence-electron chi connectivity index (χ2n) is 7.48. The minimum absolute atomic E-state index is 0.0379. The van der Waals surface area contributed by atoms with Crippen molar-refractivity contribution in [3.8, 4) is 0 Å². The van der Waals surface area contributed by atoms with Gasteiger partial charge in [-0.15, -0.1) is 0 Å². The van der Waals surface area contributed by atoms with E-state index in [9.17, 15) is 15.3 Å². The number of aliphatic hydroxyl groups excluding tert-OH is 4. The fourth-order valence-electron chi connectivity index (χ4n) is 3.62. The zero-order valence-electron chi connectivity index (χ0n) is 16.8. The first-order valence-corrected chi connectivity index (χ1v) is 9.38. The Kier molecular flexibility index (Phi) is 12.9. The SMILES string of the molecule is CO[C@H]([C@H](C)[C@@H](O)[C@@H](C)CO)[C@@H](C)CCC(O)[C@@H](C)[C@H](CCO)OC. The van der Waals surface area contributed by atoms with Crippen LogP contribution in [0.25, 0.3) is 0 Å². The molecular formula is C19H40O6. The molecule has 8 atom stereocenters. The van der Waals surface area contributed by atoms with Gasteiger partial charge in [-0.05, 0) is 25.2 Å². The summed E-state index contributed by atoms with van der Waals surface area (Å²) in [5, 5.41) is 39.1. The molecule has 0 aliphatic rings. The standard InChI is InChI=1S/C19H40O6/c1-12(19(25-6)15(4)18(23)13(2)11-21)7-8-16(22)14(3)17(24-5)9-10-20/h12-23H,7-11H2,1-6H3/t12-,13-,14+,15+,16?,17-,18-,19-/m0/s1. The molecule has 0 aromatic rings.